The normalized spacial score (nSPS) is 14.0. The van der Waals surface area contributed by atoms with E-state index in [4.69, 9.17) is 9.15 Å². The van der Waals surface area contributed by atoms with Gasteiger partial charge in [-0.2, -0.15) is 0 Å². The molecule has 0 aromatic carbocycles. The summed E-state index contributed by atoms with van der Waals surface area (Å²) in [4.78, 5) is 0. The summed E-state index contributed by atoms with van der Waals surface area (Å²) in [7, 11) is 0. The van der Waals surface area contributed by atoms with E-state index in [1.54, 1.807) is 6.26 Å². The second-order valence-corrected chi connectivity index (χ2v) is 22.6. The van der Waals surface area contributed by atoms with Gasteiger partial charge >= 0.3 is 161 Å². The van der Waals surface area contributed by atoms with Crippen molar-refractivity contribution < 1.29 is 9.15 Å². The molecule has 0 saturated heterocycles. The molecule has 1 aromatic heterocycles. The molecule has 0 fully saturated rings. The standard InChI is InChI=1S/C10H15O2.3C4H9.Sn/c1-10(2,3)9(11-4)8-6-5-7-12-8;3*1-3-4-2;/h5-7,9H,4H2,1-3H3;3*1,3-4H2,2H3;. The van der Waals surface area contributed by atoms with Gasteiger partial charge in [-0.05, 0) is 0 Å². The molecule has 25 heavy (non-hydrogen) atoms. The number of furan rings is 1. The average molecular weight is 457 g/mol. The predicted octanol–water partition coefficient (Wildman–Crippen LogP) is 7.77. The van der Waals surface area contributed by atoms with E-state index in [0.717, 1.165) is 10.4 Å². The van der Waals surface area contributed by atoms with E-state index >= 15 is 0 Å². The van der Waals surface area contributed by atoms with E-state index < -0.39 is 18.4 Å². The first kappa shape index (κ1) is 23.1. The molecule has 0 bridgehead atoms. The van der Waals surface area contributed by atoms with E-state index in [9.17, 15) is 0 Å². The quantitative estimate of drug-likeness (QED) is 0.283. The molecule has 0 amide bonds. The monoisotopic (exact) mass is 458 g/mol. The molecule has 3 heteroatoms. The third kappa shape index (κ3) is 8.07. The molecule has 0 N–H and O–H groups in total. The molecule has 0 aliphatic carbocycles. The van der Waals surface area contributed by atoms with Crippen molar-refractivity contribution in [2.24, 2.45) is 5.41 Å². The minimum atomic E-state index is -2.25. The van der Waals surface area contributed by atoms with Crippen LogP contribution in [-0.4, -0.2) is 23.0 Å². The Bertz CT molecular complexity index is 412. The molecule has 1 rings (SSSR count). The second kappa shape index (κ2) is 11.7. The molecule has 0 aliphatic rings. The summed E-state index contributed by atoms with van der Waals surface area (Å²) in [6, 6.07) is 4.07. The van der Waals surface area contributed by atoms with E-state index in [0.29, 0.717) is 0 Å². The molecule has 0 radical (unpaired) electrons. The van der Waals surface area contributed by atoms with Crippen molar-refractivity contribution >= 4 is 18.4 Å². The van der Waals surface area contributed by atoms with Crippen LogP contribution in [-0.2, 0) is 4.74 Å². The van der Waals surface area contributed by atoms with Gasteiger partial charge in [-0.1, -0.05) is 0 Å². The van der Waals surface area contributed by atoms with Crippen molar-refractivity contribution in [2.45, 2.75) is 99.5 Å². The van der Waals surface area contributed by atoms with Crippen molar-refractivity contribution in [3.05, 3.63) is 24.2 Å². The third-order valence-electron chi connectivity index (χ3n) is 5.33. The van der Waals surface area contributed by atoms with Gasteiger partial charge < -0.3 is 0 Å². The summed E-state index contributed by atoms with van der Waals surface area (Å²) in [6.45, 7) is 13.8. The number of ether oxygens (including phenoxy) is 1. The summed E-state index contributed by atoms with van der Waals surface area (Å²) in [5.41, 5.74) is 0.0652. The zero-order chi connectivity index (χ0) is 18.8. The van der Waals surface area contributed by atoms with Gasteiger partial charge in [0.2, 0.25) is 0 Å². The number of rotatable bonds is 13. The Hall–Kier alpha value is 0.0387. The fraction of sp³-hybridized carbons (Fsp3) is 0.818. The minimum absolute atomic E-state index is 0.0652. The van der Waals surface area contributed by atoms with Gasteiger partial charge in [0.1, 0.15) is 0 Å². The molecule has 2 nitrogen and oxygen atoms in total. The Morgan fingerprint density at radius 1 is 0.960 bits per heavy atom. The fourth-order valence-corrected chi connectivity index (χ4v) is 18.0. The SMILES string of the molecule is CCC[CH2][Sn]([CH2]CCC)([CH2]CCC)[CH2]OC(c1ccco1)C(C)(C)C. The van der Waals surface area contributed by atoms with Gasteiger partial charge in [0.25, 0.3) is 0 Å². The Kier molecular flexibility index (Phi) is 10.8. The molecule has 146 valence electrons. The molecule has 1 heterocycles. The van der Waals surface area contributed by atoms with Crippen molar-refractivity contribution in [2.75, 3.05) is 4.62 Å². The maximum absolute atomic E-state index is 6.71. The van der Waals surface area contributed by atoms with Crippen LogP contribution in [0.3, 0.4) is 0 Å². The van der Waals surface area contributed by atoms with E-state index in [-0.39, 0.29) is 11.5 Å². The van der Waals surface area contributed by atoms with Gasteiger partial charge in [0.15, 0.2) is 0 Å². The van der Waals surface area contributed by atoms with Crippen molar-refractivity contribution in [3.8, 4) is 0 Å². The van der Waals surface area contributed by atoms with Gasteiger partial charge in [-0.25, -0.2) is 0 Å². The summed E-state index contributed by atoms with van der Waals surface area (Å²) in [5, 5.41) is 0. The summed E-state index contributed by atoms with van der Waals surface area (Å²) < 4.78 is 18.0. The molecule has 0 spiro atoms. The van der Waals surface area contributed by atoms with E-state index in [1.165, 1.54) is 51.8 Å². The van der Waals surface area contributed by atoms with Crippen LogP contribution in [0, 0.1) is 5.41 Å². The van der Waals surface area contributed by atoms with Crippen molar-refractivity contribution in [1.29, 1.82) is 0 Å². The molecule has 1 aromatic rings. The Morgan fingerprint density at radius 2 is 1.48 bits per heavy atom. The van der Waals surface area contributed by atoms with E-state index in [1.807, 2.05) is 6.07 Å². The van der Waals surface area contributed by atoms with Crippen LogP contribution in [0.5, 0.6) is 0 Å². The van der Waals surface area contributed by atoms with Gasteiger partial charge in [0, 0.05) is 0 Å². The topological polar surface area (TPSA) is 22.4 Å². The summed E-state index contributed by atoms with van der Waals surface area (Å²) in [5.74, 6) is 0.995. The van der Waals surface area contributed by atoms with Crippen LogP contribution in [0.25, 0.3) is 0 Å². The van der Waals surface area contributed by atoms with Crippen LogP contribution in [0.1, 0.15) is 91.9 Å². The average Bonchev–Trinajstić information content (AvgIpc) is 3.08. The Morgan fingerprint density at radius 3 is 1.84 bits per heavy atom. The third-order valence-corrected chi connectivity index (χ3v) is 19.7. The molecule has 0 saturated carbocycles. The summed E-state index contributed by atoms with van der Waals surface area (Å²) in [6.07, 6.45) is 9.99. The Balaban J connectivity index is 2.91. The van der Waals surface area contributed by atoms with Crippen LogP contribution in [0.2, 0.25) is 13.3 Å². The fourth-order valence-electron chi connectivity index (χ4n) is 3.71. The molecule has 1 atom stereocenters. The molecular formula is C22H42O2Sn. The van der Waals surface area contributed by atoms with Crippen molar-refractivity contribution in [1.82, 2.24) is 0 Å². The maximum atomic E-state index is 6.71. The first-order valence-corrected chi connectivity index (χ1v) is 18.6. The van der Waals surface area contributed by atoms with E-state index in [2.05, 4.69) is 47.6 Å². The zero-order valence-corrected chi connectivity index (χ0v) is 20.6. The van der Waals surface area contributed by atoms with Crippen LogP contribution < -0.4 is 0 Å². The molecule has 1 unspecified atom stereocenters. The Labute approximate surface area is 161 Å². The number of hydrogen-bond donors (Lipinski definition) is 0. The zero-order valence-electron chi connectivity index (χ0n) is 17.7. The summed E-state index contributed by atoms with van der Waals surface area (Å²) >= 11 is -2.25. The van der Waals surface area contributed by atoms with Gasteiger partial charge in [-0.3, -0.25) is 0 Å². The van der Waals surface area contributed by atoms with Crippen LogP contribution in [0.4, 0.5) is 0 Å². The number of unbranched alkanes of at least 4 members (excludes halogenated alkanes) is 3. The number of hydrogen-bond acceptors (Lipinski definition) is 2. The van der Waals surface area contributed by atoms with Crippen molar-refractivity contribution in [3.63, 3.8) is 0 Å². The van der Waals surface area contributed by atoms with Crippen LogP contribution >= 0.6 is 0 Å². The van der Waals surface area contributed by atoms with Gasteiger partial charge in [-0.15, -0.1) is 0 Å². The van der Waals surface area contributed by atoms with Gasteiger partial charge in [0.05, 0.1) is 0 Å². The second-order valence-electron chi connectivity index (χ2n) is 8.88. The molecular weight excluding hydrogens is 415 g/mol. The first-order chi connectivity index (χ1) is 11.9. The van der Waals surface area contributed by atoms with Crippen LogP contribution in [0.15, 0.2) is 22.8 Å². The first-order valence-electron chi connectivity index (χ1n) is 10.5. The predicted molar refractivity (Wildman–Crippen MR) is 112 cm³/mol. The molecule has 0 aliphatic heterocycles.